The fourth-order valence-electron chi connectivity index (χ4n) is 1.58. The molecule has 0 aliphatic rings. The molecular formula is C13H15ClN2S. The van der Waals surface area contributed by atoms with Crippen molar-refractivity contribution in [3.8, 4) is 0 Å². The molecule has 0 atom stereocenters. The molecule has 0 unspecified atom stereocenters. The molecule has 0 radical (unpaired) electrons. The van der Waals surface area contributed by atoms with E-state index in [1.165, 1.54) is 10.4 Å². The molecule has 2 rings (SSSR count). The van der Waals surface area contributed by atoms with Crippen molar-refractivity contribution in [1.29, 1.82) is 0 Å². The predicted octanol–water partition coefficient (Wildman–Crippen LogP) is 3.32. The maximum Gasteiger partial charge on any atom is 0.0931 e. The molecule has 4 heteroatoms. The lowest BCUT2D eigenvalue weighted by Gasteiger charge is -2.03. The van der Waals surface area contributed by atoms with E-state index in [1.807, 2.05) is 18.2 Å². The Morgan fingerprint density at radius 3 is 2.53 bits per heavy atom. The van der Waals surface area contributed by atoms with E-state index in [0.29, 0.717) is 0 Å². The third-order valence-electron chi connectivity index (χ3n) is 2.50. The molecule has 17 heavy (non-hydrogen) atoms. The second-order valence-electron chi connectivity index (χ2n) is 3.87. The summed E-state index contributed by atoms with van der Waals surface area (Å²) in [5, 5.41) is 3.40. The third kappa shape index (κ3) is 4.04. The highest BCUT2D eigenvalue weighted by Crippen LogP contribution is 2.20. The van der Waals surface area contributed by atoms with Crippen LogP contribution < -0.4 is 11.1 Å². The van der Waals surface area contributed by atoms with Crippen molar-refractivity contribution in [3.05, 3.63) is 51.2 Å². The maximum absolute atomic E-state index is 5.86. The minimum Gasteiger partial charge on any atom is -0.399 e. The van der Waals surface area contributed by atoms with Gasteiger partial charge in [-0.1, -0.05) is 23.7 Å². The molecule has 1 heterocycles. The molecule has 0 aliphatic heterocycles. The van der Waals surface area contributed by atoms with Gasteiger partial charge >= 0.3 is 0 Å². The van der Waals surface area contributed by atoms with Crippen LogP contribution in [0.2, 0.25) is 4.34 Å². The van der Waals surface area contributed by atoms with Crippen molar-refractivity contribution in [3.63, 3.8) is 0 Å². The Hall–Kier alpha value is -1.03. The molecule has 0 fully saturated rings. The Labute approximate surface area is 110 Å². The number of halogens is 1. The Bertz CT molecular complexity index is 465. The summed E-state index contributed by atoms with van der Waals surface area (Å²) in [7, 11) is 0. The van der Waals surface area contributed by atoms with E-state index >= 15 is 0 Å². The van der Waals surface area contributed by atoms with E-state index in [-0.39, 0.29) is 0 Å². The van der Waals surface area contributed by atoms with Crippen LogP contribution in [0.3, 0.4) is 0 Å². The fraction of sp³-hybridized carbons (Fsp3) is 0.231. The topological polar surface area (TPSA) is 38.0 Å². The smallest absolute Gasteiger partial charge is 0.0931 e. The first kappa shape index (κ1) is 12.4. The van der Waals surface area contributed by atoms with Gasteiger partial charge in [-0.05, 0) is 42.8 Å². The molecule has 0 bridgehead atoms. The van der Waals surface area contributed by atoms with Gasteiger partial charge in [-0.2, -0.15) is 0 Å². The van der Waals surface area contributed by atoms with E-state index in [1.54, 1.807) is 11.3 Å². The van der Waals surface area contributed by atoms with Crippen LogP contribution in [0.25, 0.3) is 0 Å². The minimum absolute atomic E-state index is 0.815. The Morgan fingerprint density at radius 1 is 1.12 bits per heavy atom. The highest BCUT2D eigenvalue weighted by atomic mass is 35.5. The highest BCUT2D eigenvalue weighted by Gasteiger charge is 1.97. The lowest BCUT2D eigenvalue weighted by atomic mass is 10.1. The number of anilines is 1. The summed E-state index contributed by atoms with van der Waals surface area (Å²) in [4.78, 5) is 1.27. The summed E-state index contributed by atoms with van der Waals surface area (Å²) in [6.07, 6.45) is 1.01. The quantitative estimate of drug-likeness (QED) is 0.644. The second-order valence-corrected chi connectivity index (χ2v) is 5.67. The molecule has 2 aromatic rings. The first-order valence-corrected chi connectivity index (χ1v) is 6.73. The van der Waals surface area contributed by atoms with E-state index in [2.05, 4.69) is 23.5 Å². The molecule has 0 saturated carbocycles. The molecule has 0 saturated heterocycles. The van der Waals surface area contributed by atoms with Crippen molar-refractivity contribution in [2.45, 2.75) is 13.0 Å². The molecule has 90 valence electrons. The summed E-state index contributed by atoms with van der Waals surface area (Å²) in [5.74, 6) is 0. The van der Waals surface area contributed by atoms with Gasteiger partial charge < -0.3 is 11.1 Å². The molecule has 0 aliphatic carbocycles. The summed E-state index contributed by atoms with van der Waals surface area (Å²) in [6.45, 7) is 1.84. The molecule has 3 N–H and O–H groups in total. The Morgan fingerprint density at radius 2 is 1.88 bits per heavy atom. The fourth-order valence-corrected chi connectivity index (χ4v) is 2.63. The first-order chi connectivity index (χ1) is 8.24. The van der Waals surface area contributed by atoms with E-state index in [4.69, 9.17) is 17.3 Å². The Balaban J connectivity index is 1.71. The van der Waals surface area contributed by atoms with Gasteiger partial charge in [-0.25, -0.2) is 0 Å². The monoisotopic (exact) mass is 266 g/mol. The summed E-state index contributed by atoms with van der Waals surface area (Å²) >= 11 is 7.49. The molecule has 2 nitrogen and oxygen atoms in total. The average molecular weight is 267 g/mol. The molecule has 1 aromatic carbocycles. The van der Waals surface area contributed by atoms with Crippen LogP contribution in [0.15, 0.2) is 36.4 Å². The number of hydrogen-bond acceptors (Lipinski definition) is 3. The van der Waals surface area contributed by atoms with Gasteiger partial charge in [0.25, 0.3) is 0 Å². The zero-order chi connectivity index (χ0) is 12.1. The van der Waals surface area contributed by atoms with Crippen molar-refractivity contribution >= 4 is 28.6 Å². The number of thiophene rings is 1. The van der Waals surface area contributed by atoms with Crippen LogP contribution in [0.4, 0.5) is 5.69 Å². The first-order valence-electron chi connectivity index (χ1n) is 5.53. The predicted molar refractivity (Wildman–Crippen MR) is 75.6 cm³/mol. The normalized spacial score (nSPS) is 10.6. The van der Waals surface area contributed by atoms with Gasteiger partial charge in [0.2, 0.25) is 0 Å². The van der Waals surface area contributed by atoms with Crippen LogP contribution in [0.1, 0.15) is 10.4 Å². The summed E-state index contributed by atoms with van der Waals surface area (Å²) in [6, 6.07) is 12.0. The van der Waals surface area contributed by atoms with Crippen LogP contribution in [0.5, 0.6) is 0 Å². The number of nitrogen functional groups attached to an aromatic ring is 1. The van der Waals surface area contributed by atoms with Gasteiger partial charge in [0.05, 0.1) is 4.34 Å². The van der Waals surface area contributed by atoms with Crippen LogP contribution in [-0.4, -0.2) is 6.54 Å². The number of hydrogen-bond donors (Lipinski definition) is 2. The van der Waals surface area contributed by atoms with Gasteiger partial charge in [0, 0.05) is 17.1 Å². The third-order valence-corrected chi connectivity index (χ3v) is 3.73. The molecule has 0 amide bonds. The molecule has 0 spiro atoms. The lowest BCUT2D eigenvalue weighted by Crippen LogP contribution is -2.15. The lowest BCUT2D eigenvalue weighted by molar-refractivity contribution is 0.693. The summed E-state index contributed by atoms with van der Waals surface area (Å²) in [5.41, 5.74) is 7.75. The minimum atomic E-state index is 0.815. The number of nitrogens with one attached hydrogen (secondary N) is 1. The SMILES string of the molecule is Nc1ccc(CCNCc2ccc(Cl)s2)cc1. The zero-order valence-corrected chi connectivity index (χ0v) is 11.0. The molecule has 1 aromatic heterocycles. The average Bonchev–Trinajstić information content (AvgIpc) is 2.73. The van der Waals surface area contributed by atoms with Gasteiger partial charge in [-0.15, -0.1) is 11.3 Å². The van der Waals surface area contributed by atoms with Crippen LogP contribution >= 0.6 is 22.9 Å². The number of rotatable bonds is 5. The van der Waals surface area contributed by atoms with E-state index in [9.17, 15) is 0 Å². The largest absolute Gasteiger partial charge is 0.399 e. The standard InChI is InChI=1S/C13H15ClN2S/c14-13-6-5-12(17-13)9-16-8-7-10-1-3-11(15)4-2-10/h1-6,16H,7-9,15H2. The van der Waals surface area contributed by atoms with Crippen molar-refractivity contribution in [2.75, 3.05) is 12.3 Å². The molecular weight excluding hydrogens is 252 g/mol. The second kappa shape index (κ2) is 6.05. The zero-order valence-electron chi connectivity index (χ0n) is 9.45. The van der Waals surface area contributed by atoms with Gasteiger partial charge in [0.15, 0.2) is 0 Å². The van der Waals surface area contributed by atoms with Crippen LogP contribution in [-0.2, 0) is 13.0 Å². The maximum atomic E-state index is 5.86. The van der Waals surface area contributed by atoms with Crippen molar-refractivity contribution in [2.24, 2.45) is 0 Å². The van der Waals surface area contributed by atoms with Crippen molar-refractivity contribution in [1.82, 2.24) is 5.32 Å². The highest BCUT2D eigenvalue weighted by molar-refractivity contribution is 7.16. The van der Waals surface area contributed by atoms with E-state index in [0.717, 1.165) is 29.5 Å². The van der Waals surface area contributed by atoms with Crippen molar-refractivity contribution < 1.29 is 0 Å². The van der Waals surface area contributed by atoms with E-state index < -0.39 is 0 Å². The van der Waals surface area contributed by atoms with Crippen LogP contribution in [0, 0.1) is 0 Å². The number of benzene rings is 1. The van der Waals surface area contributed by atoms with Gasteiger partial charge in [0.1, 0.15) is 0 Å². The van der Waals surface area contributed by atoms with Gasteiger partial charge in [-0.3, -0.25) is 0 Å². The Kier molecular flexibility index (Phi) is 4.42. The summed E-state index contributed by atoms with van der Waals surface area (Å²) < 4.78 is 0.848. The number of nitrogens with two attached hydrogens (primary N) is 1.